The molecule has 0 atom stereocenters. The molecule has 2 N–H and O–H groups in total. The Bertz CT molecular complexity index is 778. The number of anilines is 1. The third kappa shape index (κ3) is 1.74. The average Bonchev–Trinajstić information content (AvgIpc) is 2.72. The number of nitrogen functional groups attached to an aromatic ring is 1. The van der Waals surface area contributed by atoms with Crippen LogP contribution in [-0.2, 0) is 7.05 Å². The number of halogens is 2. The van der Waals surface area contributed by atoms with Gasteiger partial charge in [-0.1, -0.05) is 6.07 Å². The second-order valence-corrected chi connectivity index (χ2v) is 4.34. The fourth-order valence-corrected chi connectivity index (χ4v) is 2.14. The number of fused-ring (bicyclic) bond motifs is 1. The van der Waals surface area contributed by atoms with Crippen LogP contribution >= 0.6 is 0 Å². The Morgan fingerprint density at radius 3 is 2.63 bits per heavy atom. The lowest BCUT2D eigenvalue weighted by Crippen LogP contribution is -1.96. The van der Waals surface area contributed by atoms with E-state index < -0.39 is 11.6 Å². The number of nitrogens with two attached hydrogens (primary N) is 1. The first-order valence-corrected chi connectivity index (χ1v) is 5.74. The molecule has 0 amide bonds. The molecule has 19 heavy (non-hydrogen) atoms. The number of para-hydroxylation sites is 1. The lowest BCUT2D eigenvalue weighted by Gasteiger charge is -2.04. The van der Waals surface area contributed by atoms with Gasteiger partial charge in [0.2, 0.25) is 0 Å². The summed E-state index contributed by atoms with van der Waals surface area (Å²) in [4.78, 5) is 4.18. The predicted molar refractivity (Wildman–Crippen MR) is 70.5 cm³/mol. The molecule has 96 valence electrons. The Labute approximate surface area is 108 Å². The Morgan fingerprint density at radius 2 is 1.89 bits per heavy atom. The molecular weight excluding hydrogens is 248 g/mol. The molecule has 0 spiro atoms. The zero-order valence-corrected chi connectivity index (χ0v) is 10.2. The molecule has 0 saturated heterocycles. The Balaban J connectivity index is 2.34. The standard InChI is InChI=1S/C14H11F2N3/c1-19-12-4-2-3-11(16)13(12)18-14(19)9-7-8(17)5-6-10(9)15/h2-7H,17H2,1H3. The fraction of sp³-hybridized carbons (Fsp3) is 0.0714. The average molecular weight is 259 g/mol. The number of benzene rings is 2. The van der Waals surface area contributed by atoms with Crippen LogP contribution in [0.5, 0.6) is 0 Å². The maximum Gasteiger partial charge on any atom is 0.151 e. The van der Waals surface area contributed by atoms with E-state index in [1.165, 1.54) is 24.3 Å². The van der Waals surface area contributed by atoms with Crippen LogP contribution < -0.4 is 5.73 Å². The summed E-state index contributed by atoms with van der Waals surface area (Å²) in [5, 5.41) is 0. The van der Waals surface area contributed by atoms with Gasteiger partial charge in [-0.05, 0) is 30.3 Å². The number of aromatic nitrogens is 2. The van der Waals surface area contributed by atoms with E-state index in [0.29, 0.717) is 17.0 Å². The van der Waals surface area contributed by atoms with Gasteiger partial charge in [0.1, 0.15) is 17.2 Å². The SMILES string of the molecule is Cn1c(-c2cc(N)ccc2F)nc2c(F)cccc21. The van der Waals surface area contributed by atoms with E-state index in [2.05, 4.69) is 4.98 Å². The van der Waals surface area contributed by atoms with Crippen molar-refractivity contribution in [1.82, 2.24) is 9.55 Å². The van der Waals surface area contributed by atoms with Crippen LogP contribution in [0.25, 0.3) is 22.4 Å². The van der Waals surface area contributed by atoms with Gasteiger partial charge in [0.25, 0.3) is 0 Å². The number of imidazole rings is 1. The maximum atomic E-state index is 13.9. The van der Waals surface area contributed by atoms with E-state index in [9.17, 15) is 8.78 Å². The van der Waals surface area contributed by atoms with Crippen molar-refractivity contribution in [3.63, 3.8) is 0 Å². The first-order chi connectivity index (χ1) is 9.08. The smallest absolute Gasteiger partial charge is 0.151 e. The minimum absolute atomic E-state index is 0.224. The van der Waals surface area contributed by atoms with Crippen LogP contribution in [0, 0.1) is 11.6 Å². The summed E-state index contributed by atoms with van der Waals surface area (Å²) in [6.45, 7) is 0. The number of hydrogen-bond acceptors (Lipinski definition) is 2. The van der Waals surface area contributed by atoms with Gasteiger partial charge in [0.05, 0.1) is 11.1 Å². The highest BCUT2D eigenvalue weighted by Crippen LogP contribution is 2.28. The second-order valence-electron chi connectivity index (χ2n) is 4.34. The van der Waals surface area contributed by atoms with E-state index in [1.54, 1.807) is 23.7 Å². The minimum Gasteiger partial charge on any atom is -0.399 e. The monoisotopic (exact) mass is 259 g/mol. The topological polar surface area (TPSA) is 43.8 Å². The Hall–Kier alpha value is -2.43. The van der Waals surface area contributed by atoms with Crippen LogP contribution in [-0.4, -0.2) is 9.55 Å². The zero-order valence-electron chi connectivity index (χ0n) is 10.2. The summed E-state index contributed by atoms with van der Waals surface area (Å²) in [6.07, 6.45) is 0. The zero-order chi connectivity index (χ0) is 13.6. The highest BCUT2D eigenvalue weighted by molar-refractivity contribution is 5.81. The summed E-state index contributed by atoms with van der Waals surface area (Å²) in [7, 11) is 1.72. The van der Waals surface area contributed by atoms with E-state index in [-0.39, 0.29) is 11.1 Å². The molecule has 3 nitrogen and oxygen atoms in total. The molecule has 0 fully saturated rings. The summed E-state index contributed by atoms with van der Waals surface area (Å²) in [5.74, 6) is -0.512. The van der Waals surface area contributed by atoms with E-state index in [1.807, 2.05) is 0 Å². The molecule has 0 bridgehead atoms. The molecular formula is C14H11F2N3. The van der Waals surface area contributed by atoms with Crippen LogP contribution in [0.15, 0.2) is 36.4 Å². The van der Waals surface area contributed by atoms with Crippen LogP contribution in [0.2, 0.25) is 0 Å². The van der Waals surface area contributed by atoms with Crippen molar-refractivity contribution in [2.45, 2.75) is 0 Å². The number of hydrogen-bond donors (Lipinski definition) is 1. The third-order valence-electron chi connectivity index (χ3n) is 3.09. The van der Waals surface area contributed by atoms with Gasteiger partial charge in [-0.25, -0.2) is 13.8 Å². The molecule has 0 radical (unpaired) electrons. The lowest BCUT2D eigenvalue weighted by atomic mass is 10.2. The van der Waals surface area contributed by atoms with Crippen LogP contribution in [0.3, 0.4) is 0 Å². The minimum atomic E-state index is -0.437. The van der Waals surface area contributed by atoms with Crippen molar-refractivity contribution in [1.29, 1.82) is 0 Å². The Kier molecular flexibility index (Phi) is 2.48. The van der Waals surface area contributed by atoms with Crippen molar-refractivity contribution in [2.24, 2.45) is 7.05 Å². The van der Waals surface area contributed by atoms with E-state index >= 15 is 0 Å². The molecule has 3 rings (SSSR count). The van der Waals surface area contributed by atoms with E-state index in [4.69, 9.17) is 5.73 Å². The molecule has 3 aromatic rings. The molecule has 0 aliphatic rings. The fourth-order valence-electron chi connectivity index (χ4n) is 2.14. The maximum absolute atomic E-state index is 13.9. The molecule has 1 aromatic heterocycles. The van der Waals surface area contributed by atoms with Crippen molar-refractivity contribution in [3.8, 4) is 11.4 Å². The normalized spacial score (nSPS) is 11.1. The Morgan fingerprint density at radius 1 is 1.11 bits per heavy atom. The summed E-state index contributed by atoms with van der Waals surface area (Å²) >= 11 is 0. The second kappa shape index (κ2) is 4.05. The van der Waals surface area contributed by atoms with Crippen LogP contribution in [0.4, 0.5) is 14.5 Å². The molecule has 0 aliphatic carbocycles. The van der Waals surface area contributed by atoms with Crippen molar-refractivity contribution >= 4 is 16.7 Å². The van der Waals surface area contributed by atoms with Gasteiger partial charge in [0, 0.05) is 12.7 Å². The first-order valence-electron chi connectivity index (χ1n) is 5.74. The quantitative estimate of drug-likeness (QED) is 0.682. The molecule has 0 saturated carbocycles. The molecule has 1 heterocycles. The lowest BCUT2D eigenvalue weighted by molar-refractivity contribution is 0.629. The van der Waals surface area contributed by atoms with Crippen LogP contribution in [0.1, 0.15) is 0 Å². The highest BCUT2D eigenvalue weighted by atomic mass is 19.1. The third-order valence-corrected chi connectivity index (χ3v) is 3.09. The molecule has 0 unspecified atom stereocenters. The van der Waals surface area contributed by atoms with Crippen molar-refractivity contribution < 1.29 is 8.78 Å². The number of aryl methyl sites for hydroxylation is 1. The summed E-state index contributed by atoms with van der Waals surface area (Å²) < 4.78 is 29.2. The highest BCUT2D eigenvalue weighted by Gasteiger charge is 2.15. The van der Waals surface area contributed by atoms with Gasteiger partial charge in [-0.15, -0.1) is 0 Å². The molecule has 2 aromatic carbocycles. The van der Waals surface area contributed by atoms with Gasteiger partial charge in [-0.3, -0.25) is 0 Å². The number of nitrogens with zero attached hydrogens (tertiary/aromatic N) is 2. The molecule has 0 aliphatic heterocycles. The molecule has 5 heteroatoms. The van der Waals surface area contributed by atoms with Gasteiger partial charge >= 0.3 is 0 Å². The summed E-state index contributed by atoms with van der Waals surface area (Å²) in [5.41, 5.74) is 7.19. The van der Waals surface area contributed by atoms with Crippen molar-refractivity contribution in [3.05, 3.63) is 48.0 Å². The van der Waals surface area contributed by atoms with Gasteiger partial charge in [-0.2, -0.15) is 0 Å². The van der Waals surface area contributed by atoms with Crippen molar-refractivity contribution in [2.75, 3.05) is 5.73 Å². The largest absolute Gasteiger partial charge is 0.399 e. The first kappa shape index (κ1) is 11.6. The van der Waals surface area contributed by atoms with E-state index in [0.717, 1.165) is 0 Å². The number of rotatable bonds is 1. The van der Waals surface area contributed by atoms with Gasteiger partial charge < -0.3 is 10.3 Å². The predicted octanol–water partition coefficient (Wildman–Crippen LogP) is 3.10. The summed E-state index contributed by atoms with van der Waals surface area (Å²) in [6, 6.07) is 8.91. The van der Waals surface area contributed by atoms with Gasteiger partial charge in [0.15, 0.2) is 5.82 Å².